The van der Waals surface area contributed by atoms with Crippen molar-refractivity contribution in [2.24, 2.45) is 0 Å². The Morgan fingerprint density at radius 2 is 0.687 bits per heavy atom. The van der Waals surface area contributed by atoms with E-state index in [1.54, 1.807) is 4.57 Å². The third kappa shape index (κ3) is 11.7. The highest BCUT2D eigenvalue weighted by atomic mass is 15.2. The van der Waals surface area contributed by atoms with E-state index in [1.165, 1.54) is 66.8 Å². The van der Waals surface area contributed by atoms with Gasteiger partial charge in [-0.05, 0) is 235 Å². The van der Waals surface area contributed by atoms with Crippen molar-refractivity contribution in [2.45, 2.75) is 110 Å². The molecule has 0 atom stereocenters. The molecule has 1 spiro atoms. The first-order chi connectivity index (χ1) is 66.9. The van der Waals surface area contributed by atoms with Gasteiger partial charge in [-0.1, -0.05) is 374 Å². The maximum atomic E-state index is 10.2. The SMILES string of the molecule is [2H]c1c([2H])c([2H])c2c(c1[2H])c1c([2H])c([2H])c([2H])c([2H])c1n2-c1ccc2c(c1)N(c1cccc3c4cccc(-c5cccc6c5C5(c7ccccc7-c7ccccc75)c5ccccc5-6)c4n(-c4ccccc4)c13)c1cc(-n3c4ccc(C(C)(C)C)cc4c4cc(C(C)(C)C)ccc43)cc3c1B2c1ccc(-c2cc(C(C)(C)C)cc(C(C)(C)C)c2)cc1N3c1ccc(-c2ccccc2)cc1-c1ccccc1. The largest absolute Gasteiger partial charge is 0.311 e. The Kier molecular flexibility index (Phi) is 15.2. The van der Waals surface area contributed by atoms with E-state index in [0.29, 0.717) is 5.69 Å². The number of anilines is 6. The molecule has 0 N–H and O–H groups in total. The van der Waals surface area contributed by atoms with Gasteiger partial charge in [0.25, 0.3) is 6.71 Å². The van der Waals surface area contributed by atoms with Crippen LogP contribution in [0.15, 0.2) is 388 Å². The quantitative estimate of drug-likeness (QED) is 0.134. The van der Waals surface area contributed by atoms with E-state index < -0.39 is 48.4 Å². The van der Waals surface area contributed by atoms with Gasteiger partial charge in [-0.15, -0.1) is 0 Å². The summed E-state index contributed by atoms with van der Waals surface area (Å²) in [5.41, 5.74) is 36.1. The standard InChI is InChI=1S/C125H100BN5/c1-121(2,3)82-59-65-110-100(72-82)101-73-83(122(4,5)6)60-66-111(101)128(110)88-75-115-118-116(76-88)131(112-56-34-50-98-97-49-33-48-96(119(97)129(120(98)112)86-39-20-15-21-40-86)95-47-32-46-94-91-43-24-29-53-104(91)125(117(94)95)102-51-27-22-41-89(102)90-42-23-28-52-103(90)125)114-74-87(127-107-54-30-25-44-92(107)93-45-26-31-55-108(93)127)61-63-106(114)126(118)105-62-57-80(81-67-84(123(7,8)9)71-85(68-81)124(10,11)12)70-113(105)130(115)109-64-58-79(77-35-16-13-17-36-77)69-99(109)78-37-18-14-19-38-78/h13-76H,1-12H3/i25D,26D,30D,31D,44D,45D,54D,55D. The van der Waals surface area contributed by atoms with E-state index in [9.17, 15) is 11.0 Å². The molecule has 5 nitrogen and oxygen atoms in total. The van der Waals surface area contributed by atoms with Crippen LogP contribution in [-0.2, 0) is 27.1 Å². The number of benzene rings is 18. The summed E-state index contributed by atoms with van der Waals surface area (Å²) in [6, 6.07) is 123. The van der Waals surface area contributed by atoms with Gasteiger partial charge in [0.05, 0.1) is 66.5 Å². The molecule has 3 aromatic heterocycles. The first-order valence-electron chi connectivity index (χ1n) is 50.0. The maximum Gasteiger partial charge on any atom is 0.252 e. The fourth-order valence-electron chi connectivity index (χ4n) is 22.6. The molecule has 2 aliphatic heterocycles. The summed E-state index contributed by atoms with van der Waals surface area (Å²) in [5, 5.41) is 4.26. The van der Waals surface area contributed by atoms with Gasteiger partial charge in [0, 0.05) is 77.6 Å². The zero-order valence-electron chi connectivity index (χ0n) is 83.6. The Morgan fingerprint density at radius 1 is 0.244 bits per heavy atom. The number of hydrogen-bond donors (Lipinski definition) is 0. The van der Waals surface area contributed by atoms with Gasteiger partial charge >= 0.3 is 0 Å². The maximum absolute atomic E-state index is 10.2. The number of fused-ring (bicyclic) bond motifs is 23. The molecule has 0 saturated carbocycles. The summed E-state index contributed by atoms with van der Waals surface area (Å²) in [5.74, 6) is 0. The van der Waals surface area contributed by atoms with Crippen LogP contribution in [0, 0.1) is 0 Å². The van der Waals surface area contributed by atoms with Gasteiger partial charge in [0.15, 0.2) is 0 Å². The van der Waals surface area contributed by atoms with Crippen LogP contribution in [0.3, 0.4) is 0 Å². The van der Waals surface area contributed by atoms with E-state index in [-0.39, 0.29) is 55.6 Å². The second-order valence-electron chi connectivity index (χ2n) is 40.5. The van der Waals surface area contributed by atoms with Crippen LogP contribution in [0.2, 0.25) is 0 Å². The molecule has 5 heterocycles. The number of rotatable bonds is 9. The van der Waals surface area contributed by atoms with Gasteiger partial charge < -0.3 is 23.5 Å². The van der Waals surface area contributed by atoms with Crippen LogP contribution in [0.25, 0.3) is 149 Å². The van der Waals surface area contributed by atoms with Gasteiger partial charge in [0.2, 0.25) is 0 Å². The molecule has 0 unspecified atom stereocenters. The zero-order chi connectivity index (χ0) is 95.6. The molecule has 2 aliphatic carbocycles. The number of nitrogens with zero attached hydrogens (tertiary/aromatic N) is 5. The first kappa shape index (κ1) is 70.1. The van der Waals surface area contributed by atoms with Crippen LogP contribution in [0.4, 0.5) is 34.1 Å². The highest BCUT2D eigenvalue weighted by Crippen LogP contribution is 2.66. The Morgan fingerprint density at radius 3 is 1.27 bits per heavy atom. The van der Waals surface area contributed by atoms with Gasteiger partial charge in [-0.3, -0.25) is 0 Å². The van der Waals surface area contributed by atoms with Crippen LogP contribution >= 0.6 is 0 Å². The minimum absolute atomic E-state index is 0.00258. The molecule has 25 rings (SSSR count). The van der Waals surface area contributed by atoms with Crippen molar-refractivity contribution >= 4 is 123 Å². The number of hydrogen-bond acceptors (Lipinski definition) is 2. The molecule has 0 amide bonds. The van der Waals surface area contributed by atoms with E-state index in [2.05, 4.69) is 436 Å². The van der Waals surface area contributed by atoms with Crippen molar-refractivity contribution < 1.29 is 11.0 Å². The molecule has 0 bridgehead atoms. The average Bonchev–Trinajstić information content (AvgIpc) is 1.59. The Balaban J connectivity index is 0.869. The molecule has 628 valence electrons. The topological polar surface area (TPSA) is 21.3 Å². The van der Waals surface area contributed by atoms with Crippen LogP contribution in [-0.4, -0.2) is 20.4 Å². The molecule has 131 heavy (non-hydrogen) atoms. The lowest BCUT2D eigenvalue weighted by Gasteiger charge is -2.45. The van der Waals surface area contributed by atoms with Crippen molar-refractivity contribution in [3.05, 3.63) is 433 Å². The molecule has 18 aromatic carbocycles. The van der Waals surface area contributed by atoms with Crippen molar-refractivity contribution in [2.75, 3.05) is 9.80 Å². The summed E-state index contributed by atoms with van der Waals surface area (Å²) >= 11 is 0. The lowest BCUT2D eigenvalue weighted by molar-refractivity contribution is 0.569. The summed E-state index contributed by atoms with van der Waals surface area (Å²) < 4.78 is 84.6. The van der Waals surface area contributed by atoms with E-state index >= 15 is 0 Å². The summed E-state index contributed by atoms with van der Waals surface area (Å²) in [4.78, 5) is 5.07. The first-order valence-corrected chi connectivity index (χ1v) is 46.0. The zero-order valence-corrected chi connectivity index (χ0v) is 75.6. The van der Waals surface area contributed by atoms with Crippen molar-refractivity contribution in [3.63, 3.8) is 0 Å². The van der Waals surface area contributed by atoms with Crippen molar-refractivity contribution in [1.82, 2.24) is 13.7 Å². The molecular weight excluding hydrogens is 1580 g/mol. The van der Waals surface area contributed by atoms with Crippen molar-refractivity contribution in [1.29, 1.82) is 0 Å². The molecule has 0 saturated heterocycles. The second kappa shape index (κ2) is 28.5. The molecule has 0 radical (unpaired) electrons. The highest BCUT2D eigenvalue weighted by Gasteiger charge is 2.53. The monoisotopic (exact) mass is 1690 g/mol. The summed E-state index contributed by atoms with van der Waals surface area (Å²) in [6.45, 7) is 27.0. The fourth-order valence-corrected chi connectivity index (χ4v) is 22.6. The fraction of sp³-hybridized carbons (Fsp3) is 0.136. The van der Waals surface area contributed by atoms with Crippen LogP contribution in [0.1, 0.15) is 139 Å². The van der Waals surface area contributed by atoms with Gasteiger partial charge in [-0.2, -0.15) is 0 Å². The second-order valence-corrected chi connectivity index (χ2v) is 40.5. The Labute approximate surface area is 778 Å². The predicted octanol–water partition coefficient (Wildman–Crippen LogP) is 31.3. The van der Waals surface area contributed by atoms with Gasteiger partial charge in [0.1, 0.15) is 0 Å². The molecule has 4 aliphatic rings. The highest BCUT2D eigenvalue weighted by molar-refractivity contribution is 7.00. The number of aromatic nitrogens is 3. The lowest BCUT2D eigenvalue weighted by atomic mass is 9.33. The van der Waals surface area contributed by atoms with Crippen LogP contribution < -0.4 is 26.2 Å². The minimum atomic E-state index is -0.713. The molecule has 0 fully saturated rings. The summed E-state index contributed by atoms with van der Waals surface area (Å²) in [7, 11) is 0. The lowest BCUT2D eigenvalue weighted by Crippen LogP contribution is -2.61. The normalized spacial score (nSPS) is 14.5. The minimum Gasteiger partial charge on any atom is -0.311 e. The average molecular weight is 1690 g/mol. The van der Waals surface area contributed by atoms with Crippen molar-refractivity contribution in [3.8, 4) is 83.8 Å². The smallest absolute Gasteiger partial charge is 0.252 e. The third-order valence-electron chi connectivity index (χ3n) is 28.9. The van der Waals surface area contributed by atoms with E-state index in [1.807, 2.05) is 6.07 Å². The van der Waals surface area contributed by atoms with E-state index in [0.717, 1.165) is 150 Å². The van der Waals surface area contributed by atoms with E-state index in [4.69, 9.17) is 0 Å². The Bertz CT molecular complexity index is 8680. The predicted molar refractivity (Wildman–Crippen MR) is 556 cm³/mol. The van der Waals surface area contributed by atoms with Gasteiger partial charge in [-0.25, -0.2) is 0 Å². The third-order valence-corrected chi connectivity index (χ3v) is 28.9. The Hall–Kier alpha value is -15.0. The molecular formula is C125H100BN5. The number of para-hydroxylation sites is 5. The van der Waals surface area contributed by atoms with Crippen LogP contribution in [0.5, 0.6) is 0 Å². The molecule has 21 aromatic rings. The molecule has 6 heteroatoms. The summed E-state index contributed by atoms with van der Waals surface area (Å²) in [6.07, 6.45) is 0.